The number of carbonyl (C=O) groups is 2. The molecule has 0 bridgehead atoms. The molecule has 0 spiro atoms. The van der Waals surface area contributed by atoms with Gasteiger partial charge >= 0.3 is 5.97 Å². The van der Waals surface area contributed by atoms with E-state index in [4.69, 9.17) is 9.84 Å². The highest BCUT2D eigenvalue weighted by Gasteiger charge is 2.33. The zero-order valence-corrected chi connectivity index (χ0v) is 12.4. The molecule has 0 aliphatic heterocycles. The lowest BCUT2D eigenvalue weighted by Gasteiger charge is -2.18. The van der Waals surface area contributed by atoms with Crippen molar-refractivity contribution in [2.24, 2.45) is 11.8 Å². The lowest BCUT2D eigenvalue weighted by molar-refractivity contribution is -0.141. The van der Waals surface area contributed by atoms with E-state index >= 15 is 0 Å². The number of carbonyl (C=O) groups excluding carboxylic acids is 1. The Morgan fingerprint density at radius 3 is 2.50 bits per heavy atom. The van der Waals surface area contributed by atoms with Crippen molar-refractivity contribution >= 4 is 11.9 Å². The summed E-state index contributed by atoms with van der Waals surface area (Å²) in [4.78, 5) is 23.0. The Bertz CT molecular complexity index is 531. The van der Waals surface area contributed by atoms with Crippen molar-refractivity contribution in [2.45, 2.75) is 25.4 Å². The van der Waals surface area contributed by atoms with Crippen molar-refractivity contribution in [1.29, 1.82) is 0 Å². The molecule has 5 nitrogen and oxygen atoms in total. The Morgan fingerprint density at radius 1 is 1.32 bits per heavy atom. The largest absolute Gasteiger partial charge is 0.481 e. The minimum Gasteiger partial charge on any atom is -0.481 e. The van der Waals surface area contributed by atoms with Crippen molar-refractivity contribution in [3.63, 3.8) is 0 Å². The van der Waals surface area contributed by atoms with E-state index in [9.17, 15) is 14.0 Å². The highest BCUT2D eigenvalue weighted by Crippen LogP contribution is 2.31. The van der Waals surface area contributed by atoms with E-state index in [1.807, 2.05) is 0 Å². The third kappa shape index (κ3) is 4.04. The van der Waals surface area contributed by atoms with Gasteiger partial charge in [0.2, 0.25) is 5.91 Å². The van der Waals surface area contributed by atoms with Gasteiger partial charge in [0.1, 0.15) is 5.82 Å². The van der Waals surface area contributed by atoms with Crippen LogP contribution in [0.25, 0.3) is 0 Å². The number of halogens is 1. The van der Waals surface area contributed by atoms with Crippen LogP contribution in [0.5, 0.6) is 0 Å². The monoisotopic (exact) mass is 309 g/mol. The summed E-state index contributed by atoms with van der Waals surface area (Å²) in [6.45, 7) is 0.273. The molecule has 2 N–H and O–H groups in total. The van der Waals surface area contributed by atoms with Gasteiger partial charge in [0.05, 0.1) is 12.0 Å². The number of hydrogen-bond acceptors (Lipinski definition) is 3. The molecular formula is C16H20FNO4. The number of aliphatic carboxylic acids is 1. The molecule has 0 radical (unpaired) electrons. The SMILES string of the molecule is COC(CNC(=O)[C@@H]1CC[C@H](C(=O)O)C1)c1ccc(F)cc1. The van der Waals surface area contributed by atoms with Crippen LogP contribution < -0.4 is 5.32 Å². The lowest BCUT2D eigenvalue weighted by atomic mass is 10.0. The number of nitrogens with one attached hydrogen (secondary N) is 1. The molecule has 120 valence electrons. The van der Waals surface area contributed by atoms with Gasteiger partial charge in [-0.3, -0.25) is 9.59 Å². The highest BCUT2D eigenvalue weighted by atomic mass is 19.1. The van der Waals surface area contributed by atoms with Gasteiger partial charge in [-0.25, -0.2) is 4.39 Å². The van der Waals surface area contributed by atoms with Gasteiger partial charge in [-0.15, -0.1) is 0 Å². The van der Waals surface area contributed by atoms with Gasteiger partial charge in [-0.1, -0.05) is 12.1 Å². The zero-order valence-electron chi connectivity index (χ0n) is 12.4. The Hall–Kier alpha value is -1.95. The van der Waals surface area contributed by atoms with Gasteiger partial charge in [-0.05, 0) is 37.0 Å². The Morgan fingerprint density at radius 2 is 1.95 bits per heavy atom. The summed E-state index contributed by atoms with van der Waals surface area (Å²) in [5.74, 6) is -1.99. The summed E-state index contributed by atoms with van der Waals surface area (Å²) in [6.07, 6.45) is 1.16. The summed E-state index contributed by atoms with van der Waals surface area (Å²) in [6, 6.07) is 5.92. The molecule has 1 aliphatic rings. The number of carboxylic acid groups (broad SMARTS) is 1. The lowest BCUT2D eigenvalue weighted by Crippen LogP contribution is -2.33. The molecule has 1 amide bonds. The highest BCUT2D eigenvalue weighted by molar-refractivity contribution is 5.80. The standard InChI is InChI=1S/C16H20FNO4/c1-22-14(10-4-6-13(17)7-5-10)9-18-15(19)11-2-3-12(8-11)16(20)21/h4-7,11-12,14H,2-3,8-9H2,1H3,(H,18,19)(H,20,21)/t11-,12+,14?/m1/s1. The van der Waals surface area contributed by atoms with E-state index in [2.05, 4.69) is 5.32 Å². The fraction of sp³-hybridized carbons (Fsp3) is 0.500. The van der Waals surface area contributed by atoms with Gasteiger partial charge in [-0.2, -0.15) is 0 Å². The average molecular weight is 309 g/mol. The number of methoxy groups -OCH3 is 1. The summed E-state index contributed by atoms with van der Waals surface area (Å²) in [7, 11) is 1.52. The van der Waals surface area contributed by atoms with Crippen LogP contribution in [0.1, 0.15) is 30.9 Å². The molecule has 1 aromatic carbocycles. The number of hydrogen-bond donors (Lipinski definition) is 2. The molecule has 1 aromatic rings. The molecule has 3 atom stereocenters. The number of carboxylic acids is 1. The van der Waals surface area contributed by atoms with Crippen LogP contribution in [0.2, 0.25) is 0 Å². The molecule has 1 fully saturated rings. The van der Waals surface area contributed by atoms with E-state index in [0.29, 0.717) is 19.3 Å². The van der Waals surface area contributed by atoms with Crippen LogP contribution in [0.15, 0.2) is 24.3 Å². The first-order valence-electron chi connectivity index (χ1n) is 7.30. The number of amides is 1. The molecule has 1 unspecified atom stereocenters. The molecule has 0 heterocycles. The molecule has 1 aliphatic carbocycles. The maximum absolute atomic E-state index is 12.9. The van der Waals surface area contributed by atoms with E-state index in [0.717, 1.165) is 5.56 Å². The Kier molecular flexibility index (Phi) is 5.49. The summed E-state index contributed by atoms with van der Waals surface area (Å²) >= 11 is 0. The van der Waals surface area contributed by atoms with Crippen LogP contribution in [0.3, 0.4) is 0 Å². The first kappa shape index (κ1) is 16.4. The summed E-state index contributed by atoms with van der Waals surface area (Å²) < 4.78 is 18.2. The topological polar surface area (TPSA) is 75.6 Å². The zero-order chi connectivity index (χ0) is 16.1. The maximum Gasteiger partial charge on any atom is 0.306 e. The van der Waals surface area contributed by atoms with Crippen LogP contribution in [-0.2, 0) is 14.3 Å². The van der Waals surface area contributed by atoms with Crippen molar-refractivity contribution in [1.82, 2.24) is 5.32 Å². The van der Waals surface area contributed by atoms with E-state index in [1.54, 1.807) is 12.1 Å². The number of ether oxygens (including phenoxy) is 1. The molecule has 0 aromatic heterocycles. The molecule has 2 rings (SSSR count). The second-order valence-electron chi connectivity index (χ2n) is 5.57. The molecule has 0 saturated heterocycles. The van der Waals surface area contributed by atoms with Gasteiger partial charge in [0.15, 0.2) is 0 Å². The minimum absolute atomic E-state index is 0.145. The maximum atomic E-state index is 12.9. The quantitative estimate of drug-likeness (QED) is 0.844. The fourth-order valence-corrected chi connectivity index (χ4v) is 2.80. The second-order valence-corrected chi connectivity index (χ2v) is 5.57. The molecule has 22 heavy (non-hydrogen) atoms. The predicted molar refractivity (Wildman–Crippen MR) is 77.6 cm³/mol. The Balaban J connectivity index is 1.87. The first-order chi connectivity index (χ1) is 10.5. The van der Waals surface area contributed by atoms with Crippen LogP contribution in [0, 0.1) is 17.7 Å². The summed E-state index contributed by atoms with van der Waals surface area (Å²) in [5.41, 5.74) is 0.777. The summed E-state index contributed by atoms with van der Waals surface area (Å²) in [5, 5.41) is 11.8. The van der Waals surface area contributed by atoms with Crippen molar-refractivity contribution < 1.29 is 23.8 Å². The average Bonchev–Trinajstić information content (AvgIpc) is 2.99. The first-order valence-corrected chi connectivity index (χ1v) is 7.30. The van der Waals surface area contributed by atoms with E-state index in [1.165, 1.54) is 19.2 Å². The fourth-order valence-electron chi connectivity index (χ4n) is 2.80. The molecular weight excluding hydrogens is 289 g/mol. The van der Waals surface area contributed by atoms with Crippen molar-refractivity contribution in [3.05, 3.63) is 35.6 Å². The normalized spacial score (nSPS) is 22.3. The van der Waals surface area contributed by atoms with Gasteiger partial charge in [0, 0.05) is 19.6 Å². The van der Waals surface area contributed by atoms with Crippen LogP contribution >= 0.6 is 0 Å². The minimum atomic E-state index is -0.837. The van der Waals surface area contributed by atoms with Crippen LogP contribution in [-0.4, -0.2) is 30.6 Å². The Labute approximate surface area is 128 Å². The number of benzene rings is 1. The van der Waals surface area contributed by atoms with Crippen molar-refractivity contribution in [3.8, 4) is 0 Å². The van der Waals surface area contributed by atoms with Crippen molar-refractivity contribution in [2.75, 3.05) is 13.7 Å². The number of rotatable bonds is 6. The third-order valence-corrected chi connectivity index (χ3v) is 4.14. The molecule has 6 heteroatoms. The van der Waals surface area contributed by atoms with Gasteiger partial charge < -0.3 is 15.2 Å². The van der Waals surface area contributed by atoms with Crippen LogP contribution in [0.4, 0.5) is 4.39 Å². The second kappa shape index (κ2) is 7.35. The molecule has 1 saturated carbocycles. The predicted octanol–water partition coefficient (Wildman–Crippen LogP) is 2.13. The third-order valence-electron chi connectivity index (χ3n) is 4.14. The van der Waals surface area contributed by atoms with E-state index < -0.39 is 11.9 Å². The smallest absolute Gasteiger partial charge is 0.306 e. The van der Waals surface area contributed by atoms with E-state index in [-0.39, 0.29) is 30.3 Å². The van der Waals surface area contributed by atoms with Gasteiger partial charge in [0.25, 0.3) is 0 Å².